The smallest absolute Gasteiger partial charge is 0.316 e. The maximum atomic E-state index is 12.6. The highest BCUT2D eigenvalue weighted by Crippen LogP contribution is 2.39. The van der Waals surface area contributed by atoms with Crippen LogP contribution in [0.1, 0.15) is 37.1 Å². The average Bonchev–Trinajstić information content (AvgIpc) is 2.45. The van der Waals surface area contributed by atoms with Crippen LogP contribution in [0.15, 0.2) is 12.4 Å². The van der Waals surface area contributed by atoms with Gasteiger partial charge in [-0.2, -0.15) is 13.2 Å². The van der Waals surface area contributed by atoms with Gasteiger partial charge in [0.15, 0.2) is 0 Å². The molecule has 0 radical (unpaired) electrons. The van der Waals surface area contributed by atoms with Gasteiger partial charge in [0.05, 0.1) is 17.3 Å². The van der Waals surface area contributed by atoms with Crippen molar-refractivity contribution in [3.8, 4) is 0 Å². The van der Waals surface area contributed by atoms with Crippen LogP contribution in [0.4, 0.5) is 13.2 Å². The molecule has 1 heterocycles. The number of nitrogens with zero attached hydrogens (tertiary/aromatic N) is 2. The lowest BCUT2D eigenvalue weighted by Gasteiger charge is -2.29. The molecule has 2 rings (SSSR count). The van der Waals surface area contributed by atoms with E-state index >= 15 is 0 Å². The molecule has 118 valence electrons. The molecule has 0 spiro atoms. The Bertz CT molecular complexity index is 423. The van der Waals surface area contributed by atoms with Gasteiger partial charge in [-0.15, -0.1) is 0 Å². The van der Waals surface area contributed by atoms with Crippen LogP contribution in [-0.2, 0) is 6.42 Å². The quantitative estimate of drug-likeness (QED) is 0.848. The SMILES string of the molecule is Cc1cnc(CCNCC2CCC(C(F)(F)F)CC2)cn1. The molecule has 0 aliphatic heterocycles. The van der Waals surface area contributed by atoms with Gasteiger partial charge < -0.3 is 5.32 Å². The molecule has 0 unspecified atom stereocenters. The molecule has 1 N–H and O–H groups in total. The molecule has 1 fully saturated rings. The number of rotatable bonds is 5. The molecule has 1 saturated carbocycles. The highest BCUT2D eigenvalue weighted by Gasteiger charge is 2.41. The lowest BCUT2D eigenvalue weighted by Crippen LogP contribution is -2.32. The van der Waals surface area contributed by atoms with Crippen LogP contribution in [-0.4, -0.2) is 29.2 Å². The first-order chi connectivity index (χ1) is 9.95. The molecule has 0 bridgehead atoms. The molecule has 1 aliphatic carbocycles. The summed E-state index contributed by atoms with van der Waals surface area (Å²) in [7, 11) is 0. The zero-order valence-electron chi connectivity index (χ0n) is 12.3. The summed E-state index contributed by atoms with van der Waals surface area (Å²) in [4.78, 5) is 8.45. The van der Waals surface area contributed by atoms with Crippen LogP contribution in [0.3, 0.4) is 0 Å². The van der Waals surface area contributed by atoms with Crippen molar-refractivity contribution in [2.45, 2.75) is 45.2 Å². The standard InChI is InChI=1S/C15H22F3N3/c1-11-8-21-14(10-20-11)6-7-19-9-12-2-4-13(5-3-12)15(16,17)18/h8,10,12-13,19H,2-7,9H2,1H3. The number of halogens is 3. The molecule has 1 aliphatic rings. The molecule has 0 aromatic carbocycles. The minimum absolute atomic E-state index is 0.277. The topological polar surface area (TPSA) is 37.8 Å². The Hall–Kier alpha value is -1.17. The van der Waals surface area contributed by atoms with Crippen LogP contribution in [0.5, 0.6) is 0 Å². The van der Waals surface area contributed by atoms with Gasteiger partial charge in [0.25, 0.3) is 0 Å². The second kappa shape index (κ2) is 7.20. The van der Waals surface area contributed by atoms with E-state index < -0.39 is 12.1 Å². The van der Waals surface area contributed by atoms with E-state index in [4.69, 9.17) is 0 Å². The van der Waals surface area contributed by atoms with E-state index in [1.807, 2.05) is 6.92 Å². The Kier molecular flexibility index (Phi) is 5.56. The molecule has 1 aromatic rings. The summed E-state index contributed by atoms with van der Waals surface area (Å²) in [6.07, 6.45) is 2.19. The Morgan fingerprint density at radius 2 is 1.86 bits per heavy atom. The molecule has 1 aromatic heterocycles. The molecule has 21 heavy (non-hydrogen) atoms. The van der Waals surface area contributed by atoms with Crippen LogP contribution >= 0.6 is 0 Å². The van der Waals surface area contributed by atoms with Gasteiger partial charge in [0.1, 0.15) is 0 Å². The summed E-state index contributed by atoms with van der Waals surface area (Å²) < 4.78 is 37.7. The van der Waals surface area contributed by atoms with Crippen LogP contribution in [0.25, 0.3) is 0 Å². The van der Waals surface area contributed by atoms with Gasteiger partial charge in [-0.05, 0) is 45.1 Å². The van der Waals surface area contributed by atoms with E-state index in [-0.39, 0.29) is 12.8 Å². The van der Waals surface area contributed by atoms with Crippen molar-refractivity contribution < 1.29 is 13.2 Å². The fourth-order valence-corrected chi connectivity index (χ4v) is 2.76. The highest BCUT2D eigenvalue weighted by atomic mass is 19.4. The largest absolute Gasteiger partial charge is 0.391 e. The normalized spacial score (nSPS) is 23.2. The predicted octanol–water partition coefficient (Wildman–Crippen LogP) is 3.29. The fraction of sp³-hybridized carbons (Fsp3) is 0.733. The van der Waals surface area contributed by atoms with Gasteiger partial charge in [0.2, 0.25) is 0 Å². The minimum Gasteiger partial charge on any atom is -0.316 e. The zero-order valence-corrected chi connectivity index (χ0v) is 12.3. The fourth-order valence-electron chi connectivity index (χ4n) is 2.76. The first-order valence-corrected chi connectivity index (χ1v) is 7.50. The molecule has 3 nitrogen and oxygen atoms in total. The summed E-state index contributed by atoms with van der Waals surface area (Å²) in [5.74, 6) is -0.718. The third-order valence-electron chi connectivity index (χ3n) is 4.14. The first kappa shape index (κ1) is 16.2. The molecule has 0 amide bonds. The van der Waals surface area contributed by atoms with E-state index in [1.54, 1.807) is 12.4 Å². The molecular weight excluding hydrogens is 279 g/mol. The third-order valence-corrected chi connectivity index (χ3v) is 4.14. The van der Waals surface area contributed by atoms with Crippen molar-refractivity contribution in [1.82, 2.24) is 15.3 Å². The number of hydrogen-bond donors (Lipinski definition) is 1. The first-order valence-electron chi connectivity index (χ1n) is 7.50. The van der Waals surface area contributed by atoms with Crippen molar-refractivity contribution >= 4 is 0 Å². The summed E-state index contributed by atoms with van der Waals surface area (Å²) in [5.41, 5.74) is 1.84. The summed E-state index contributed by atoms with van der Waals surface area (Å²) in [6.45, 7) is 3.48. The number of nitrogens with one attached hydrogen (secondary N) is 1. The monoisotopic (exact) mass is 301 g/mol. The summed E-state index contributed by atoms with van der Waals surface area (Å²) in [5, 5.41) is 3.32. The van der Waals surface area contributed by atoms with Crippen molar-refractivity contribution in [3.05, 3.63) is 23.8 Å². The maximum absolute atomic E-state index is 12.6. The van der Waals surface area contributed by atoms with E-state index in [0.29, 0.717) is 18.8 Å². The Labute approximate surface area is 123 Å². The average molecular weight is 301 g/mol. The molecular formula is C15H22F3N3. The van der Waals surface area contributed by atoms with E-state index in [2.05, 4.69) is 15.3 Å². The lowest BCUT2D eigenvalue weighted by atomic mass is 9.81. The third kappa shape index (κ3) is 5.26. The van der Waals surface area contributed by atoms with Gasteiger partial charge in [0, 0.05) is 25.4 Å². The van der Waals surface area contributed by atoms with E-state index in [1.165, 1.54) is 0 Å². The number of aryl methyl sites for hydroxylation is 1. The Morgan fingerprint density at radius 1 is 1.14 bits per heavy atom. The number of hydrogen-bond acceptors (Lipinski definition) is 3. The maximum Gasteiger partial charge on any atom is 0.391 e. The summed E-state index contributed by atoms with van der Waals surface area (Å²) in [6, 6.07) is 0. The van der Waals surface area contributed by atoms with Gasteiger partial charge in [-0.3, -0.25) is 9.97 Å². The molecule has 0 saturated heterocycles. The number of aromatic nitrogens is 2. The second-order valence-corrected chi connectivity index (χ2v) is 5.86. The highest BCUT2D eigenvalue weighted by molar-refractivity contribution is 5.00. The van der Waals surface area contributed by atoms with Crippen molar-refractivity contribution in [2.75, 3.05) is 13.1 Å². The van der Waals surface area contributed by atoms with Crippen LogP contribution < -0.4 is 5.32 Å². The van der Waals surface area contributed by atoms with Gasteiger partial charge >= 0.3 is 6.18 Å². The second-order valence-electron chi connectivity index (χ2n) is 5.86. The van der Waals surface area contributed by atoms with E-state index in [0.717, 1.165) is 30.9 Å². The Morgan fingerprint density at radius 3 is 2.43 bits per heavy atom. The van der Waals surface area contributed by atoms with E-state index in [9.17, 15) is 13.2 Å². The summed E-state index contributed by atoms with van der Waals surface area (Å²) >= 11 is 0. The minimum atomic E-state index is -4.01. The van der Waals surface area contributed by atoms with Crippen molar-refractivity contribution in [1.29, 1.82) is 0 Å². The van der Waals surface area contributed by atoms with Gasteiger partial charge in [-0.1, -0.05) is 0 Å². The number of alkyl halides is 3. The molecule has 0 atom stereocenters. The van der Waals surface area contributed by atoms with Crippen LogP contribution in [0.2, 0.25) is 0 Å². The predicted molar refractivity (Wildman–Crippen MR) is 74.8 cm³/mol. The van der Waals surface area contributed by atoms with Crippen molar-refractivity contribution in [3.63, 3.8) is 0 Å². The van der Waals surface area contributed by atoms with Crippen LogP contribution in [0, 0.1) is 18.8 Å². The Balaban J connectivity index is 1.61. The van der Waals surface area contributed by atoms with Gasteiger partial charge in [-0.25, -0.2) is 0 Å². The van der Waals surface area contributed by atoms with Crippen molar-refractivity contribution in [2.24, 2.45) is 11.8 Å². The lowest BCUT2D eigenvalue weighted by molar-refractivity contribution is -0.183. The zero-order chi connectivity index (χ0) is 15.3. The molecule has 6 heteroatoms.